The van der Waals surface area contributed by atoms with Gasteiger partial charge >= 0.3 is 11.9 Å². The van der Waals surface area contributed by atoms with Gasteiger partial charge in [0.05, 0.1) is 26.1 Å². The first-order valence-corrected chi connectivity index (χ1v) is 4.41. The molecule has 0 bridgehead atoms. The van der Waals surface area contributed by atoms with Crippen molar-refractivity contribution in [3.05, 3.63) is 0 Å². The minimum Gasteiger partial charge on any atom is -0.393 e. The third-order valence-electron chi connectivity index (χ3n) is 2.90. The lowest BCUT2D eigenvalue weighted by molar-refractivity contribution is -0.180. The van der Waals surface area contributed by atoms with E-state index in [1.54, 1.807) is 0 Å². The van der Waals surface area contributed by atoms with Gasteiger partial charge in [0.2, 0.25) is 0 Å². The lowest BCUT2D eigenvalue weighted by atomic mass is 9.71. The first-order valence-electron chi connectivity index (χ1n) is 4.41. The van der Waals surface area contributed by atoms with Crippen LogP contribution in [0.3, 0.4) is 0 Å². The van der Waals surface area contributed by atoms with E-state index in [0.717, 1.165) is 0 Å². The van der Waals surface area contributed by atoms with Gasteiger partial charge in [0.15, 0.2) is 0 Å². The topological polar surface area (TPSA) is 52.6 Å². The molecular formula is C9H12O4. The standard InChI is InChI=1S/C9H12O4/c1-9(4-12-5-9)6-2-7(10)13-8(11)3-6/h6H,2-5H2,1H3. The highest BCUT2D eigenvalue weighted by Gasteiger charge is 2.45. The fraction of sp³-hybridized carbons (Fsp3) is 0.778. The normalized spacial score (nSPS) is 28.1. The van der Waals surface area contributed by atoms with Crippen LogP contribution in [0.5, 0.6) is 0 Å². The summed E-state index contributed by atoms with van der Waals surface area (Å²) in [6, 6.07) is 0. The van der Waals surface area contributed by atoms with Crippen LogP contribution in [0.15, 0.2) is 0 Å². The zero-order valence-corrected chi connectivity index (χ0v) is 7.54. The molecule has 0 radical (unpaired) electrons. The third-order valence-corrected chi connectivity index (χ3v) is 2.90. The highest BCUT2D eigenvalue weighted by Crippen LogP contribution is 2.41. The van der Waals surface area contributed by atoms with Crippen LogP contribution in [0.4, 0.5) is 0 Å². The van der Waals surface area contributed by atoms with E-state index in [0.29, 0.717) is 26.1 Å². The van der Waals surface area contributed by atoms with Gasteiger partial charge in [0.1, 0.15) is 0 Å². The average Bonchev–Trinajstić information content (AvgIpc) is 1.98. The zero-order valence-electron chi connectivity index (χ0n) is 7.54. The molecule has 0 N–H and O–H groups in total. The van der Waals surface area contributed by atoms with E-state index in [2.05, 4.69) is 4.74 Å². The van der Waals surface area contributed by atoms with Gasteiger partial charge in [-0.1, -0.05) is 6.92 Å². The molecular weight excluding hydrogens is 172 g/mol. The van der Waals surface area contributed by atoms with E-state index in [-0.39, 0.29) is 11.3 Å². The number of hydrogen-bond donors (Lipinski definition) is 0. The Morgan fingerprint density at radius 2 is 1.77 bits per heavy atom. The molecule has 0 aliphatic carbocycles. The van der Waals surface area contributed by atoms with Gasteiger partial charge in [0, 0.05) is 5.41 Å². The van der Waals surface area contributed by atoms with Crippen molar-refractivity contribution in [1.82, 2.24) is 0 Å². The number of rotatable bonds is 1. The Bertz CT molecular complexity index is 238. The van der Waals surface area contributed by atoms with E-state index >= 15 is 0 Å². The smallest absolute Gasteiger partial charge is 0.313 e. The predicted octanol–water partition coefficient (Wildman–Crippen LogP) is 0.503. The molecule has 0 aromatic heterocycles. The molecule has 2 heterocycles. The van der Waals surface area contributed by atoms with Gasteiger partial charge in [0.25, 0.3) is 0 Å². The average molecular weight is 184 g/mol. The van der Waals surface area contributed by atoms with Crippen molar-refractivity contribution in [2.75, 3.05) is 13.2 Å². The van der Waals surface area contributed by atoms with Gasteiger partial charge in [-0.2, -0.15) is 0 Å². The summed E-state index contributed by atoms with van der Waals surface area (Å²) in [5.74, 6) is -0.682. The van der Waals surface area contributed by atoms with Crippen molar-refractivity contribution >= 4 is 11.9 Å². The molecule has 0 atom stereocenters. The van der Waals surface area contributed by atoms with Crippen molar-refractivity contribution in [3.63, 3.8) is 0 Å². The molecule has 0 aromatic carbocycles. The van der Waals surface area contributed by atoms with E-state index in [9.17, 15) is 9.59 Å². The lowest BCUT2D eigenvalue weighted by Gasteiger charge is -2.44. The summed E-state index contributed by atoms with van der Waals surface area (Å²) in [6.07, 6.45) is 0.706. The van der Waals surface area contributed by atoms with Crippen molar-refractivity contribution in [1.29, 1.82) is 0 Å². The largest absolute Gasteiger partial charge is 0.393 e. The lowest BCUT2D eigenvalue weighted by Crippen LogP contribution is -2.49. The minimum atomic E-state index is -0.394. The van der Waals surface area contributed by atoms with Gasteiger partial charge in [-0.3, -0.25) is 9.59 Å². The predicted molar refractivity (Wildman–Crippen MR) is 42.7 cm³/mol. The number of cyclic esters (lactones) is 2. The van der Waals surface area contributed by atoms with Gasteiger partial charge < -0.3 is 9.47 Å². The van der Waals surface area contributed by atoms with Crippen LogP contribution in [0.1, 0.15) is 19.8 Å². The van der Waals surface area contributed by atoms with Crippen LogP contribution >= 0.6 is 0 Å². The molecule has 2 saturated heterocycles. The summed E-state index contributed by atoms with van der Waals surface area (Å²) in [5.41, 5.74) is 0.00903. The molecule has 13 heavy (non-hydrogen) atoms. The van der Waals surface area contributed by atoms with Gasteiger partial charge in [-0.05, 0) is 5.92 Å². The highest BCUT2D eigenvalue weighted by atomic mass is 16.6. The Hall–Kier alpha value is -0.900. The SMILES string of the molecule is CC1(C2CC(=O)OC(=O)C2)COC1. The molecule has 0 aromatic rings. The zero-order chi connectivity index (χ0) is 9.47. The van der Waals surface area contributed by atoms with E-state index in [1.807, 2.05) is 6.92 Å². The highest BCUT2D eigenvalue weighted by molar-refractivity contribution is 5.88. The van der Waals surface area contributed by atoms with Gasteiger partial charge in [-0.25, -0.2) is 0 Å². The van der Waals surface area contributed by atoms with E-state index < -0.39 is 11.9 Å². The van der Waals surface area contributed by atoms with Crippen LogP contribution in [0.25, 0.3) is 0 Å². The molecule has 0 saturated carbocycles. The van der Waals surface area contributed by atoms with E-state index in [4.69, 9.17) is 4.74 Å². The van der Waals surface area contributed by atoms with E-state index in [1.165, 1.54) is 0 Å². The summed E-state index contributed by atoms with van der Waals surface area (Å²) in [7, 11) is 0. The summed E-state index contributed by atoms with van der Waals surface area (Å²) < 4.78 is 9.56. The number of carbonyl (C=O) groups excluding carboxylic acids is 2. The van der Waals surface area contributed by atoms with Crippen LogP contribution < -0.4 is 0 Å². The maximum atomic E-state index is 11.0. The van der Waals surface area contributed by atoms with Crippen LogP contribution in [-0.2, 0) is 19.1 Å². The van der Waals surface area contributed by atoms with Crippen LogP contribution in [0, 0.1) is 11.3 Å². The molecule has 2 aliphatic rings. The van der Waals surface area contributed by atoms with Crippen molar-refractivity contribution in [3.8, 4) is 0 Å². The molecule has 2 fully saturated rings. The maximum Gasteiger partial charge on any atom is 0.313 e. The molecule has 0 spiro atoms. The Labute approximate surface area is 76.2 Å². The monoisotopic (exact) mass is 184 g/mol. The molecule has 4 nitrogen and oxygen atoms in total. The van der Waals surface area contributed by atoms with Crippen molar-refractivity contribution in [2.24, 2.45) is 11.3 Å². The number of carbonyl (C=O) groups is 2. The fourth-order valence-corrected chi connectivity index (χ4v) is 1.84. The fourth-order valence-electron chi connectivity index (χ4n) is 1.84. The molecule has 2 aliphatic heterocycles. The number of hydrogen-bond acceptors (Lipinski definition) is 4. The summed E-state index contributed by atoms with van der Waals surface area (Å²) in [4.78, 5) is 22.0. The molecule has 0 amide bonds. The van der Waals surface area contributed by atoms with Crippen molar-refractivity contribution in [2.45, 2.75) is 19.8 Å². The Morgan fingerprint density at radius 3 is 2.15 bits per heavy atom. The Morgan fingerprint density at radius 1 is 1.23 bits per heavy atom. The summed E-state index contributed by atoms with van der Waals surface area (Å²) >= 11 is 0. The molecule has 2 rings (SSSR count). The second-order valence-corrected chi connectivity index (χ2v) is 4.10. The Kier molecular flexibility index (Phi) is 1.87. The summed E-state index contributed by atoms with van der Waals surface area (Å²) in [6.45, 7) is 3.35. The summed E-state index contributed by atoms with van der Waals surface area (Å²) in [5, 5.41) is 0. The molecule has 0 unspecified atom stereocenters. The molecule has 4 heteroatoms. The van der Waals surface area contributed by atoms with Crippen molar-refractivity contribution < 1.29 is 19.1 Å². The number of ether oxygens (including phenoxy) is 2. The first kappa shape index (κ1) is 8.69. The Balaban J connectivity index is 2.06. The minimum absolute atomic E-state index is 0.00903. The van der Waals surface area contributed by atoms with Crippen LogP contribution in [0.2, 0.25) is 0 Å². The third kappa shape index (κ3) is 1.46. The second-order valence-electron chi connectivity index (χ2n) is 4.10. The second kappa shape index (κ2) is 2.80. The number of esters is 2. The van der Waals surface area contributed by atoms with Gasteiger partial charge in [-0.15, -0.1) is 0 Å². The maximum absolute atomic E-state index is 11.0. The molecule has 72 valence electrons. The first-order chi connectivity index (χ1) is 6.10. The quantitative estimate of drug-likeness (QED) is 0.440. The van der Waals surface area contributed by atoms with Crippen LogP contribution in [-0.4, -0.2) is 25.2 Å².